The first-order valence-electron chi connectivity index (χ1n) is 3.65. The van der Waals surface area contributed by atoms with E-state index in [-0.39, 0.29) is 11.6 Å². The zero-order valence-electron chi connectivity index (χ0n) is 7.34. The summed E-state index contributed by atoms with van der Waals surface area (Å²) in [5, 5.41) is 29.8. The first-order chi connectivity index (χ1) is 7.68. The van der Waals surface area contributed by atoms with Crippen LogP contribution in [0.5, 0.6) is 0 Å². The fourth-order valence-corrected chi connectivity index (χ4v) is 0.712. The number of rotatable bonds is 3. The van der Waals surface area contributed by atoms with Crippen LogP contribution in [0.2, 0.25) is 0 Å². The lowest BCUT2D eigenvalue weighted by Crippen LogP contribution is -1.87. The molecule has 0 aliphatic carbocycles. The van der Waals surface area contributed by atoms with Crippen molar-refractivity contribution in [3.8, 4) is 0 Å². The highest BCUT2D eigenvalue weighted by Crippen LogP contribution is 2.24. The van der Waals surface area contributed by atoms with Crippen LogP contribution in [0.15, 0.2) is 19.5 Å². The third kappa shape index (κ3) is 1.66. The topological polar surface area (TPSA) is 172 Å². The number of anilines is 1. The maximum atomic E-state index is 10.4. The van der Waals surface area contributed by atoms with Gasteiger partial charge in [0, 0.05) is 5.16 Å². The molecule has 0 bridgehead atoms. The van der Waals surface area contributed by atoms with E-state index in [4.69, 9.17) is 5.73 Å². The van der Waals surface area contributed by atoms with Crippen LogP contribution in [0.25, 0.3) is 0 Å². The summed E-state index contributed by atoms with van der Waals surface area (Å²) < 4.78 is 8.34. The van der Waals surface area contributed by atoms with E-state index in [1.54, 1.807) is 0 Å². The normalized spacial score (nSPS) is 11.0. The second-order valence-corrected chi connectivity index (χ2v) is 2.34. The van der Waals surface area contributed by atoms with Crippen molar-refractivity contribution in [1.29, 1.82) is 0 Å². The van der Waals surface area contributed by atoms with Gasteiger partial charge in [-0.15, -0.1) is 14.9 Å². The van der Waals surface area contributed by atoms with E-state index in [1.807, 2.05) is 0 Å². The van der Waals surface area contributed by atoms with Crippen LogP contribution in [-0.2, 0) is 0 Å². The third-order valence-electron chi connectivity index (χ3n) is 1.36. The first kappa shape index (κ1) is 9.63. The van der Waals surface area contributed by atoms with Crippen molar-refractivity contribution in [2.24, 2.45) is 10.2 Å². The number of nitrogen functional groups attached to an aromatic ring is 1. The molecule has 0 amide bonds. The molecular formula is C4H2N8O4. The summed E-state index contributed by atoms with van der Waals surface area (Å²) in [5.41, 5.74) is 5.26. The van der Waals surface area contributed by atoms with Gasteiger partial charge >= 0.3 is 11.6 Å². The minimum atomic E-state index is -0.824. The molecule has 0 aromatic carbocycles. The SMILES string of the molecule is Nc1nonc1N=Nc1nonc1[N+](=O)[O-]. The Morgan fingerprint density at radius 3 is 2.38 bits per heavy atom. The summed E-state index contributed by atoms with van der Waals surface area (Å²) >= 11 is 0. The van der Waals surface area contributed by atoms with E-state index in [0.717, 1.165) is 0 Å². The highest BCUT2D eigenvalue weighted by Gasteiger charge is 2.22. The van der Waals surface area contributed by atoms with Gasteiger partial charge in [0.25, 0.3) is 5.82 Å². The molecule has 0 unspecified atom stereocenters. The number of nitrogens with zero attached hydrogens (tertiary/aromatic N) is 7. The molecule has 0 aliphatic rings. The van der Waals surface area contributed by atoms with E-state index < -0.39 is 16.6 Å². The lowest BCUT2D eigenvalue weighted by Gasteiger charge is -1.84. The van der Waals surface area contributed by atoms with E-state index in [2.05, 4.69) is 40.1 Å². The fraction of sp³-hybridized carbons (Fsp3) is 0. The van der Waals surface area contributed by atoms with Crippen LogP contribution in [-0.4, -0.2) is 25.5 Å². The Bertz CT molecular complexity index is 542. The summed E-state index contributed by atoms with van der Waals surface area (Å²) in [4.78, 5) is 9.56. The number of nitro groups is 1. The fourth-order valence-electron chi connectivity index (χ4n) is 0.712. The maximum absolute atomic E-state index is 10.4. The van der Waals surface area contributed by atoms with Crippen LogP contribution in [0.4, 0.5) is 23.3 Å². The Morgan fingerprint density at radius 2 is 1.75 bits per heavy atom. The minimum absolute atomic E-state index is 0.108. The van der Waals surface area contributed by atoms with Gasteiger partial charge in [-0.3, -0.25) is 0 Å². The van der Waals surface area contributed by atoms with Gasteiger partial charge in [0.2, 0.25) is 5.82 Å². The number of hydrogen-bond donors (Lipinski definition) is 1. The number of aromatic nitrogens is 4. The zero-order valence-corrected chi connectivity index (χ0v) is 7.34. The molecule has 0 aliphatic heterocycles. The molecule has 16 heavy (non-hydrogen) atoms. The van der Waals surface area contributed by atoms with Crippen molar-refractivity contribution in [3.63, 3.8) is 0 Å². The molecule has 0 atom stereocenters. The van der Waals surface area contributed by atoms with E-state index >= 15 is 0 Å². The van der Waals surface area contributed by atoms with Gasteiger partial charge in [0.1, 0.15) is 0 Å². The molecule has 0 radical (unpaired) electrons. The first-order valence-corrected chi connectivity index (χ1v) is 3.65. The second-order valence-electron chi connectivity index (χ2n) is 2.34. The number of azo groups is 1. The van der Waals surface area contributed by atoms with Crippen molar-refractivity contribution in [3.05, 3.63) is 10.1 Å². The molecule has 2 rings (SSSR count). The highest BCUT2D eigenvalue weighted by molar-refractivity contribution is 5.49. The Labute approximate surface area is 85.2 Å². The van der Waals surface area contributed by atoms with Crippen LogP contribution in [0, 0.1) is 10.1 Å². The standard InChI is InChI=1S/C4H2N8O4/c5-1-2(9-15-8-1)6-7-3-4(12(13)14)11-16-10-3/h(H2,5,8). The Morgan fingerprint density at radius 1 is 1.12 bits per heavy atom. The van der Waals surface area contributed by atoms with E-state index in [9.17, 15) is 10.1 Å². The van der Waals surface area contributed by atoms with Gasteiger partial charge in [-0.05, 0) is 15.2 Å². The van der Waals surface area contributed by atoms with E-state index in [0.29, 0.717) is 0 Å². The van der Waals surface area contributed by atoms with Gasteiger partial charge in [0.05, 0.1) is 0 Å². The average Bonchev–Trinajstić information content (AvgIpc) is 2.83. The monoisotopic (exact) mass is 226 g/mol. The average molecular weight is 226 g/mol. The molecule has 2 N–H and O–H groups in total. The quantitative estimate of drug-likeness (QED) is 0.440. The molecular weight excluding hydrogens is 224 g/mol. The van der Waals surface area contributed by atoms with Crippen LogP contribution < -0.4 is 5.73 Å². The summed E-state index contributed by atoms with van der Waals surface area (Å²) in [6.07, 6.45) is 0. The van der Waals surface area contributed by atoms with Crippen molar-refractivity contribution >= 4 is 23.3 Å². The maximum Gasteiger partial charge on any atom is 0.462 e. The molecule has 0 saturated carbocycles. The van der Waals surface area contributed by atoms with Crippen molar-refractivity contribution in [2.75, 3.05) is 5.73 Å². The van der Waals surface area contributed by atoms with Crippen molar-refractivity contribution in [2.45, 2.75) is 0 Å². The Hall–Kier alpha value is -2.92. The highest BCUT2D eigenvalue weighted by atomic mass is 16.6. The number of hydrogen-bond acceptors (Lipinski definition) is 11. The molecule has 2 aromatic rings. The van der Waals surface area contributed by atoms with Gasteiger partial charge in [0.15, 0.2) is 5.16 Å². The van der Waals surface area contributed by atoms with E-state index in [1.165, 1.54) is 0 Å². The lowest BCUT2D eigenvalue weighted by molar-refractivity contribution is -0.390. The largest absolute Gasteiger partial charge is 0.462 e. The van der Waals surface area contributed by atoms with Crippen LogP contribution in [0.3, 0.4) is 0 Å². The summed E-state index contributed by atoms with van der Waals surface area (Å²) in [6.45, 7) is 0. The molecule has 0 saturated heterocycles. The predicted molar refractivity (Wildman–Crippen MR) is 43.8 cm³/mol. The third-order valence-corrected chi connectivity index (χ3v) is 1.36. The molecule has 82 valence electrons. The van der Waals surface area contributed by atoms with Crippen LogP contribution >= 0.6 is 0 Å². The smallest absolute Gasteiger partial charge is 0.378 e. The molecule has 0 spiro atoms. The summed E-state index contributed by atoms with van der Waals surface area (Å²) in [7, 11) is 0. The number of nitrogens with two attached hydrogens (primary N) is 1. The molecule has 0 fully saturated rings. The Kier molecular flexibility index (Phi) is 2.21. The summed E-state index contributed by atoms with van der Waals surface area (Å²) in [5.74, 6) is -1.31. The molecule has 12 nitrogen and oxygen atoms in total. The van der Waals surface area contributed by atoms with Crippen LogP contribution in [0.1, 0.15) is 0 Å². The molecule has 2 heterocycles. The summed E-state index contributed by atoms with van der Waals surface area (Å²) in [6, 6.07) is 0. The zero-order chi connectivity index (χ0) is 11.5. The van der Waals surface area contributed by atoms with Crippen molar-refractivity contribution in [1.82, 2.24) is 20.6 Å². The van der Waals surface area contributed by atoms with Gasteiger partial charge in [-0.25, -0.2) is 4.63 Å². The van der Waals surface area contributed by atoms with Gasteiger partial charge in [-0.1, -0.05) is 0 Å². The van der Waals surface area contributed by atoms with Crippen molar-refractivity contribution < 1.29 is 14.2 Å². The second kappa shape index (κ2) is 3.68. The lowest BCUT2D eigenvalue weighted by atomic mass is 10.7. The predicted octanol–water partition coefficient (Wildman–Crippen LogP) is 0.358. The molecule has 2 aromatic heterocycles. The van der Waals surface area contributed by atoms with Gasteiger partial charge < -0.3 is 15.8 Å². The Balaban J connectivity index is 2.27. The minimum Gasteiger partial charge on any atom is -0.378 e. The van der Waals surface area contributed by atoms with Gasteiger partial charge in [-0.2, -0.15) is 0 Å². The molecule has 12 heteroatoms.